The molecule has 0 spiro atoms. The van der Waals surface area contributed by atoms with E-state index >= 15 is 0 Å². The lowest BCUT2D eigenvalue weighted by Crippen LogP contribution is -2.37. The number of benzene rings is 1. The molecule has 0 saturated carbocycles. The Labute approximate surface area is 148 Å². The number of nitrogens with zero attached hydrogens (tertiary/aromatic N) is 4. The van der Waals surface area contributed by atoms with E-state index in [4.69, 9.17) is 0 Å². The summed E-state index contributed by atoms with van der Waals surface area (Å²) in [6.45, 7) is 3.30. The minimum atomic E-state index is -0.463. The molecule has 0 unspecified atom stereocenters. The van der Waals surface area contributed by atoms with Gasteiger partial charge in [0.25, 0.3) is 11.8 Å². The molecule has 1 aliphatic rings. The van der Waals surface area contributed by atoms with Crippen LogP contribution in [-0.4, -0.2) is 43.8 Å². The van der Waals surface area contributed by atoms with Crippen LogP contribution in [0.5, 0.6) is 0 Å². The third kappa shape index (κ3) is 2.52. The Kier molecular flexibility index (Phi) is 3.54. The maximum Gasteiger partial charge on any atom is 0.262 e. The van der Waals surface area contributed by atoms with E-state index in [-0.39, 0.29) is 6.54 Å². The first-order valence-corrected chi connectivity index (χ1v) is 8.03. The fraction of sp³-hybridized carbons (Fsp3) is 0.167. The molecule has 1 N–H and O–H groups in total. The fourth-order valence-corrected chi connectivity index (χ4v) is 3.05. The van der Waals surface area contributed by atoms with Crippen LogP contribution in [0.25, 0.3) is 5.65 Å². The molecule has 3 aromatic rings. The van der Waals surface area contributed by atoms with Crippen molar-refractivity contribution in [2.24, 2.45) is 0 Å². The second-order valence-electron chi connectivity index (χ2n) is 6.13. The van der Waals surface area contributed by atoms with E-state index in [2.05, 4.69) is 15.4 Å². The Morgan fingerprint density at radius 1 is 1.12 bits per heavy atom. The summed E-state index contributed by atoms with van der Waals surface area (Å²) in [5.41, 5.74) is 2.72. The highest BCUT2D eigenvalue weighted by molar-refractivity contribution is 6.22. The highest BCUT2D eigenvalue weighted by Gasteiger charge is 2.36. The van der Waals surface area contributed by atoms with E-state index in [1.54, 1.807) is 48.0 Å². The van der Waals surface area contributed by atoms with Gasteiger partial charge in [0.1, 0.15) is 12.4 Å². The average Bonchev–Trinajstić information content (AvgIpc) is 3.09. The topological polar surface area (TPSA) is 96.7 Å². The smallest absolute Gasteiger partial charge is 0.262 e. The van der Waals surface area contributed by atoms with E-state index < -0.39 is 17.7 Å². The van der Waals surface area contributed by atoms with Gasteiger partial charge in [-0.25, -0.2) is 9.50 Å². The van der Waals surface area contributed by atoms with Crippen LogP contribution in [0.4, 0.5) is 5.69 Å². The fourth-order valence-electron chi connectivity index (χ4n) is 3.05. The number of amides is 3. The Hall–Kier alpha value is -3.55. The number of carbonyl (C=O) groups excluding carboxylic acids is 3. The summed E-state index contributed by atoms with van der Waals surface area (Å²) in [7, 11) is 0. The first kappa shape index (κ1) is 15.9. The van der Waals surface area contributed by atoms with Crippen molar-refractivity contribution in [1.82, 2.24) is 19.5 Å². The molecule has 1 aromatic carbocycles. The standard InChI is InChI=1S/C18H15N5O3/c1-10-7-12(8-23-16(10)19-11(2)21-23)20-15(24)9-22-17(25)13-5-3-4-6-14(13)18(22)26/h3-8H,9H2,1-2H3,(H,20,24). The van der Waals surface area contributed by atoms with Crippen LogP contribution < -0.4 is 5.32 Å². The van der Waals surface area contributed by atoms with E-state index in [1.165, 1.54) is 0 Å². The molecule has 130 valence electrons. The van der Waals surface area contributed by atoms with Crippen LogP contribution in [0.1, 0.15) is 32.1 Å². The summed E-state index contributed by atoms with van der Waals surface area (Å²) in [5.74, 6) is -0.753. The van der Waals surface area contributed by atoms with Crippen molar-refractivity contribution in [1.29, 1.82) is 0 Å². The van der Waals surface area contributed by atoms with Gasteiger partial charge in [-0.3, -0.25) is 19.3 Å². The van der Waals surface area contributed by atoms with E-state index in [1.807, 2.05) is 6.92 Å². The zero-order valence-corrected chi connectivity index (χ0v) is 14.2. The summed E-state index contributed by atoms with van der Waals surface area (Å²) < 4.78 is 1.59. The van der Waals surface area contributed by atoms with Gasteiger partial charge >= 0.3 is 0 Å². The molecule has 0 fully saturated rings. The van der Waals surface area contributed by atoms with Crippen LogP contribution in [0, 0.1) is 13.8 Å². The van der Waals surface area contributed by atoms with Crippen LogP contribution in [0.2, 0.25) is 0 Å². The van der Waals surface area contributed by atoms with Crippen LogP contribution in [0.15, 0.2) is 36.5 Å². The van der Waals surface area contributed by atoms with Crippen LogP contribution in [-0.2, 0) is 4.79 Å². The zero-order valence-electron chi connectivity index (χ0n) is 14.2. The van der Waals surface area contributed by atoms with Crippen molar-refractivity contribution in [3.8, 4) is 0 Å². The highest BCUT2D eigenvalue weighted by atomic mass is 16.2. The van der Waals surface area contributed by atoms with Gasteiger partial charge in [-0.15, -0.1) is 0 Å². The van der Waals surface area contributed by atoms with Crippen LogP contribution in [0.3, 0.4) is 0 Å². The lowest BCUT2D eigenvalue weighted by Gasteiger charge is -2.14. The third-order valence-electron chi connectivity index (χ3n) is 4.19. The Morgan fingerprint density at radius 3 is 2.42 bits per heavy atom. The number of hydrogen-bond acceptors (Lipinski definition) is 5. The Morgan fingerprint density at radius 2 is 1.77 bits per heavy atom. The summed E-state index contributed by atoms with van der Waals surface area (Å²) >= 11 is 0. The summed E-state index contributed by atoms with van der Waals surface area (Å²) in [4.78, 5) is 42.3. The maximum atomic E-state index is 12.4. The average molecular weight is 349 g/mol. The molecule has 0 radical (unpaired) electrons. The molecule has 26 heavy (non-hydrogen) atoms. The predicted molar refractivity (Wildman–Crippen MR) is 92.9 cm³/mol. The lowest BCUT2D eigenvalue weighted by molar-refractivity contribution is -0.116. The molecular formula is C18H15N5O3. The molecule has 2 aromatic heterocycles. The highest BCUT2D eigenvalue weighted by Crippen LogP contribution is 2.22. The minimum absolute atomic E-state index is 0.320. The molecule has 0 saturated heterocycles. The number of anilines is 1. The van der Waals surface area contributed by atoms with Crippen molar-refractivity contribution < 1.29 is 14.4 Å². The number of carbonyl (C=O) groups is 3. The molecular weight excluding hydrogens is 334 g/mol. The van der Waals surface area contributed by atoms with Crippen molar-refractivity contribution >= 4 is 29.1 Å². The molecule has 1 aliphatic heterocycles. The van der Waals surface area contributed by atoms with Crippen LogP contribution >= 0.6 is 0 Å². The molecule has 0 aliphatic carbocycles. The minimum Gasteiger partial charge on any atom is -0.323 e. The molecule has 0 atom stereocenters. The number of aryl methyl sites for hydroxylation is 2. The number of nitrogens with one attached hydrogen (secondary N) is 1. The van der Waals surface area contributed by atoms with Crippen molar-refractivity contribution in [3.63, 3.8) is 0 Å². The quantitative estimate of drug-likeness (QED) is 0.724. The van der Waals surface area contributed by atoms with Gasteiger partial charge in [0.05, 0.1) is 23.0 Å². The van der Waals surface area contributed by atoms with E-state index in [9.17, 15) is 14.4 Å². The monoisotopic (exact) mass is 349 g/mol. The number of fused-ring (bicyclic) bond motifs is 2. The number of aromatic nitrogens is 3. The molecule has 8 nitrogen and oxygen atoms in total. The third-order valence-corrected chi connectivity index (χ3v) is 4.19. The number of hydrogen-bond donors (Lipinski definition) is 1. The summed E-state index contributed by atoms with van der Waals surface area (Å²) in [6, 6.07) is 8.30. The van der Waals surface area contributed by atoms with Gasteiger partial charge in [0.15, 0.2) is 5.65 Å². The van der Waals surface area contributed by atoms with Crippen molar-refractivity contribution in [3.05, 3.63) is 59.0 Å². The second-order valence-corrected chi connectivity index (χ2v) is 6.13. The van der Waals surface area contributed by atoms with Gasteiger partial charge in [0.2, 0.25) is 5.91 Å². The SMILES string of the molecule is Cc1nc2c(C)cc(NC(=O)CN3C(=O)c4ccccc4C3=O)cn2n1. The molecule has 4 rings (SSSR count). The van der Waals surface area contributed by atoms with Gasteiger partial charge < -0.3 is 5.32 Å². The Bertz CT molecular complexity index is 1050. The largest absolute Gasteiger partial charge is 0.323 e. The van der Waals surface area contributed by atoms with Gasteiger partial charge in [0, 0.05) is 0 Å². The number of imide groups is 1. The normalized spacial score (nSPS) is 13.4. The zero-order chi connectivity index (χ0) is 18.4. The summed E-state index contributed by atoms with van der Waals surface area (Å²) in [5, 5.41) is 6.94. The van der Waals surface area contributed by atoms with Crippen molar-refractivity contribution in [2.45, 2.75) is 13.8 Å². The van der Waals surface area contributed by atoms with Crippen molar-refractivity contribution in [2.75, 3.05) is 11.9 Å². The molecule has 3 heterocycles. The van der Waals surface area contributed by atoms with E-state index in [0.29, 0.717) is 28.3 Å². The number of pyridine rings is 1. The van der Waals surface area contributed by atoms with Gasteiger partial charge in [-0.2, -0.15) is 5.10 Å². The Balaban J connectivity index is 1.53. The number of rotatable bonds is 3. The maximum absolute atomic E-state index is 12.4. The second kappa shape index (κ2) is 5.76. The first-order valence-electron chi connectivity index (χ1n) is 8.03. The molecule has 0 bridgehead atoms. The van der Waals surface area contributed by atoms with E-state index in [0.717, 1.165) is 10.5 Å². The van der Waals surface area contributed by atoms with Gasteiger partial charge in [-0.05, 0) is 37.6 Å². The summed E-state index contributed by atoms with van der Waals surface area (Å²) in [6.07, 6.45) is 1.64. The lowest BCUT2D eigenvalue weighted by atomic mass is 10.1. The molecule has 3 amide bonds. The van der Waals surface area contributed by atoms with Gasteiger partial charge in [-0.1, -0.05) is 12.1 Å². The predicted octanol–water partition coefficient (Wildman–Crippen LogP) is 1.58. The first-order chi connectivity index (χ1) is 12.4. The molecule has 8 heteroatoms.